The smallest absolute Gasteiger partial charge is 0.225 e. The number of carbonyl (C=O) groups is 1. The summed E-state index contributed by atoms with van der Waals surface area (Å²) in [6.07, 6.45) is 3.68. The van der Waals surface area contributed by atoms with Crippen molar-refractivity contribution in [1.82, 2.24) is 9.97 Å². The maximum atomic E-state index is 12.1. The molecule has 1 fully saturated rings. The number of aromatic nitrogens is 2. The summed E-state index contributed by atoms with van der Waals surface area (Å²) in [5, 5.41) is 2.86. The van der Waals surface area contributed by atoms with Crippen molar-refractivity contribution < 1.29 is 9.53 Å². The SMILES string of the molecule is O=C(CCCc1ccccc1)Nc1cc(N2CCOCC2)ncn1. The fraction of sp³-hybridized carbons (Fsp3) is 0.389. The molecular formula is C18H22N4O2. The lowest BCUT2D eigenvalue weighted by Gasteiger charge is -2.27. The lowest BCUT2D eigenvalue weighted by Crippen LogP contribution is -2.36. The van der Waals surface area contributed by atoms with Crippen LogP contribution in [0.4, 0.5) is 11.6 Å². The summed E-state index contributed by atoms with van der Waals surface area (Å²) in [7, 11) is 0. The average Bonchev–Trinajstić information content (AvgIpc) is 2.63. The molecule has 0 bridgehead atoms. The van der Waals surface area contributed by atoms with Crippen molar-refractivity contribution in [2.24, 2.45) is 0 Å². The summed E-state index contributed by atoms with van der Waals surface area (Å²) in [5.41, 5.74) is 1.25. The minimum atomic E-state index is -0.0161. The highest BCUT2D eigenvalue weighted by molar-refractivity contribution is 5.90. The van der Waals surface area contributed by atoms with E-state index in [0.29, 0.717) is 25.5 Å². The zero-order chi connectivity index (χ0) is 16.6. The molecule has 0 saturated carbocycles. The van der Waals surface area contributed by atoms with Crippen molar-refractivity contribution in [3.05, 3.63) is 48.3 Å². The molecule has 6 nitrogen and oxygen atoms in total. The van der Waals surface area contributed by atoms with E-state index >= 15 is 0 Å². The summed E-state index contributed by atoms with van der Waals surface area (Å²) >= 11 is 0. The predicted octanol–water partition coefficient (Wildman–Crippen LogP) is 2.27. The van der Waals surface area contributed by atoms with Gasteiger partial charge in [0.15, 0.2) is 0 Å². The molecule has 1 aliphatic heterocycles. The molecule has 24 heavy (non-hydrogen) atoms. The summed E-state index contributed by atoms with van der Waals surface area (Å²) in [6, 6.07) is 12.0. The summed E-state index contributed by atoms with van der Waals surface area (Å²) in [5.74, 6) is 1.36. The van der Waals surface area contributed by atoms with Gasteiger partial charge in [-0.25, -0.2) is 9.97 Å². The van der Waals surface area contributed by atoms with Gasteiger partial charge in [-0.2, -0.15) is 0 Å². The van der Waals surface area contributed by atoms with E-state index in [-0.39, 0.29) is 5.91 Å². The highest BCUT2D eigenvalue weighted by Gasteiger charge is 2.13. The molecule has 2 heterocycles. The molecule has 0 atom stereocenters. The number of nitrogens with one attached hydrogen (secondary N) is 1. The summed E-state index contributed by atoms with van der Waals surface area (Å²) in [6.45, 7) is 3.01. The number of rotatable bonds is 6. The predicted molar refractivity (Wildman–Crippen MR) is 93.1 cm³/mol. The van der Waals surface area contributed by atoms with Gasteiger partial charge in [0.1, 0.15) is 18.0 Å². The van der Waals surface area contributed by atoms with Gasteiger partial charge < -0.3 is 15.0 Å². The van der Waals surface area contributed by atoms with E-state index in [1.54, 1.807) is 0 Å². The number of aryl methyl sites for hydroxylation is 1. The Bertz CT molecular complexity index is 657. The van der Waals surface area contributed by atoms with Gasteiger partial charge in [-0.05, 0) is 18.4 Å². The van der Waals surface area contributed by atoms with Crippen LogP contribution in [0.1, 0.15) is 18.4 Å². The molecule has 1 N–H and O–H groups in total. The van der Waals surface area contributed by atoms with Crippen molar-refractivity contribution in [2.75, 3.05) is 36.5 Å². The Morgan fingerprint density at radius 1 is 1.17 bits per heavy atom. The van der Waals surface area contributed by atoms with Crippen LogP contribution in [0, 0.1) is 0 Å². The van der Waals surface area contributed by atoms with E-state index in [1.165, 1.54) is 11.9 Å². The number of nitrogens with zero attached hydrogens (tertiary/aromatic N) is 3. The van der Waals surface area contributed by atoms with E-state index in [4.69, 9.17) is 4.74 Å². The molecule has 1 saturated heterocycles. The summed E-state index contributed by atoms with van der Waals surface area (Å²) < 4.78 is 5.34. The highest BCUT2D eigenvalue weighted by atomic mass is 16.5. The van der Waals surface area contributed by atoms with Crippen LogP contribution in [0.2, 0.25) is 0 Å². The Morgan fingerprint density at radius 3 is 2.75 bits per heavy atom. The molecule has 1 aliphatic rings. The highest BCUT2D eigenvalue weighted by Crippen LogP contribution is 2.15. The quantitative estimate of drug-likeness (QED) is 0.882. The second-order valence-corrected chi connectivity index (χ2v) is 5.75. The van der Waals surface area contributed by atoms with Gasteiger partial charge in [-0.3, -0.25) is 4.79 Å². The van der Waals surface area contributed by atoms with Crippen molar-refractivity contribution in [3.63, 3.8) is 0 Å². The zero-order valence-corrected chi connectivity index (χ0v) is 13.6. The van der Waals surface area contributed by atoms with E-state index in [0.717, 1.165) is 31.7 Å². The standard InChI is InChI=1S/C18H22N4O2/c23-18(8-4-7-15-5-2-1-3-6-15)21-16-13-17(20-14-19-16)22-9-11-24-12-10-22/h1-3,5-6,13-14H,4,7-12H2,(H,19,20,21,23). The third kappa shape index (κ3) is 4.76. The number of morpholine rings is 1. The molecule has 0 spiro atoms. The monoisotopic (exact) mass is 326 g/mol. The molecule has 1 aromatic carbocycles. The number of carbonyl (C=O) groups excluding carboxylic acids is 1. The minimum Gasteiger partial charge on any atom is -0.378 e. The van der Waals surface area contributed by atoms with E-state index in [2.05, 4.69) is 32.3 Å². The van der Waals surface area contributed by atoms with Crippen LogP contribution in [0.5, 0.6) is 0 Å². The van der Waals surface area contributed by atoms with E-state index < -0.39 is 0 Å². The normalized spacial score (nSPS) is 14.4. The van der Waals surface area contributed by atoms with E-state index in [1.807, 2.05) is 24.3 Å². The Kier molecular flexibility index (Phi) is 5.74. The average molecular weight is 326 g/mol. The van der Waals surface area contributed by atoms with E-state index in [9.17, 15) is 4.79 Å². The zero-order valence-electron chi connectivity index (χ0n) is 13.6. The third-order valence-electron chi connectivity index (χ3n) is 3.97. The van der Waals surface area contributed by atoms with Crippen LogP contribution in [-0.2, 0) is 16.0 Å². The number of ether oxygens (including phenoxy) is 1. The van der Waals surface area contributed by atoms with Crippen molar-refractivity contribution in [2.45, 2.75) is 19.3 Å². The molecule has 126 valence electrons. The molecule has 0 unspecified atom stereocenters. The molecule has 6 heteroatoms. The Hall–Kier alpha value is -2.47. The van der Waals surface area contributed by atoms with Gasteiger partial charge in [0.05, 0.1) is 13.2 Å². The number of hydrogen-bond acceptors (Lipinski definition) is 5. The van der Waals surface area contributed by atoms with Crippen LogP contribution in [0.3, 0.4) is 0 Å². The second-order valence-electron chi connectivity index (χ2n) is 5.75. The lowest BCUT2D eigenvalue weighted by molar-refractivity contribution is -0.116. The molecule has 1 amide bonds. The van der Waals surface area contributed by atoms with Gasteiger partial charge >= 0.3 is 0 Å². The maximum Gasteiger partial charge on any atom is 0.225 e. The van der Waals surface area contributed by atoms with Crippen LogP contribution in [0.15, 0.2) is 42.7 Å². The molecule has 3 rings (SSSR count). The van der Waals surface area contributed by atoms with Crippen LogP contribution in [0.25, 0.3) is 0 Å². The molecule has 1 aromatic heterocycles. The first kappa shape index (κ1) is 16.4. The number of amides is 1. The first-order valence-electron chi connectivity index (χ1n) is 8.30. The van der Waals surface area contributed by atoms with Gasteiger partial charge in [0, 0.05) is 25.6 Å². The molecule has 2 aromatic rings. The number of benzene rings is 1. The Morgan fingerprint density at radius 2 is 1.96 bits per heavy atom. The van der Waals surface area contributed by atoms with Gasteiger partial charge in [0.2, 0.25) is 5.91 Å². The van der Waals surface area contributed by atoms with Crippen LogP contribution >= 0.6 is 0 Å². The molecule has 0 radical (unpaired) electrons. The van der Waals surface area contributed by atoms with Gasteiger partial charge in [-0.15, -0.1) is 0 Å². The lowest BCUT2D eigenvalue weighted by atomic mass is 10.1. The molecular weight excluding hydrogens is 304 g/mol. The molecule has 0 aliphatic carbocycles. The summed E-state index contributed by atoms with van der Waals surface area (Å²) in [4.78, 5) is 22.6. The van der Waals surface area contributed by atoms with Crippen molar-refractivity contribution in [1.29, 1.82) is 0 Å². The fourth-order valence-corrected chi connectivity index (χ4v) is 2.68. The Labute approximate surface area is 141 Å². The topological polar surface area (TPSA) is 67.4 Å². The largest absolute Gasteiger partial charge is 0.378 e. The first-order chi connectivity index (χ1) is 11.8. The first-order valence-corrected chi connectivity index (χ1v) is 8.30. The Balaban J connectivity index is 1.49. The third-order valence-corrected chi connectivity index (χ3v) is 3.97. The number of hydrogen-bond donors (Lipinski definition) is 1. The second kappa shape index (κ2) is 8.40. The number of anilines is 2. The van der Waals surface area contributed by atoms with Gasteiger partial charge in [0.25, 0.3) is 0 Å². The van der Waals surface area contributed by atoms with Crippen LogP contribution in [-0.4, -0.2) is 42.2 Å². The van der Waals surface area contributed by atoms with Crippen molar-refractivity contribution >= 4 is 17.5 Å². The van der Waals surface area contributed by atoms with Gasteiger partial charge in [-0.1, -0.05) is 30.3 Å². The van der Waals surface area contributed by atoms with Crippen molar-refractivity contribution in [3.8, 4) is 0 Å². The minimum absolute atomic E-state index is 0.0161. The van der Waals surface area contributed by atoms with Crippen LogP contribution < -0.4 is 10.2 Å². The maximum absolute atomic E-state index is 12.1. The fourth-order valence-electron chi connectivity index (χ4n) is 2.68.